The third-order valence-electron chi connectivity index (χ3n) is 3.84. The monoisotopic (exact) mass is 352 g/mol. The Kier molecular flexibility index (Phi) is 6.20. The number of amides is 2. The molecule has 0 saturated carbocycles. The Balaban J connectivity index is 1.90. The van der Waals surface area contributed by atoms with Gasteiger partial charge in [-0.15, -0.1) is 11.6 Å². The average Bonchev–Trinajstić information content (AvgIpc) is 2.54. The number of rotatable bonds is 4. The van der Waals surface area contributed by atoms with Gasteiger partial charge in [0.25, 0.3) is 5.91 Å². The van der Waals surface area contributed by atoms with Crippen molar-refractivity contribution in [1.82, 2.24) is 10.2 Å². The van der Waals surface area contributed by atoms with Gasteiger partial charge in [0.1, 0.15) is 11.1 Å². The van der Waals surface area contributed by atoms with E-state index in [-0.39, 0.29) is 17.9 Å². The summed E-state index contributed by atoms with van der Waals surface area (Å²) in [5.41, 5.74) is 0.432. The van der Waals surface area contributed by atoms with Crippen LogP contribution in [0.2, 0.25) is 0 Å². The molecule has 0 spiro atoms. The number of carbonyl (C=O) groups is 3. The molecular formula is C17H21ClN2O4. The van der Waals surface area contributed by atoms with Crippen LogP contribution >= 0.6 is 11.6 Å². The van der Waals surface area contributed by atoms with E-state index in [0.717, 1.165) is 0 Å². The van der Waals surface area contributed by atoms with Crippen LogP contribution in [0.5, 0.6) is 5.75 Å². The molecule has 1 aliphatic heterocycles. The molecule has 0 aliphatic carbocycles. The van der Waals surface area contributed by atoms with E-state index in [2.05, 4.69) is 5.32 Å². The van der Waals surface area contributed by atoms with Gasteiger partial charge in [0.05, 0.1) is 0 Å². The number of esters is 1. The molecule has 7 heteroatoms. The maximum atomic E-state index is 12.3. The molecule has 1 atom stereocenters. The molecule has 2 rings (SSSR count). The van der Waals surface area contributed by atoms with Gasteiger partial charge in [0, 0.05) is 31.6 Å². The highest BCUT2D eigenvalue weighted by atomic mass is 35.5. The van der Waals surface area contributed by atoms with Crippen LogP contribution in [-0.2, 0) is 9.59 Å². The highest BCUT2D eigenvalue weighted by Crippen LogP contribution is 2.16. The first-order valence-electron chi connectivity index (χ1n) is 7.89. The second-order valence-electron chi connectivity index (χ2n) is 5.81. The zero-order chi connectivity index (χ0) is 17.7. The summed E-state index contributed by atoms with van der Waals surface area (Å²) < 4.78 is 4.98. The van der Waals surface area contributed by atoms with Crippen molar-refractivity contribution < 1.29 is 19.1 Å². The summed E-state index contributed by atoms with van der Waals surface area (Å²) in [6, 6.07) is 6.48. The number of nitrogens with zero attached hydrogens (tertiary/aromatic N) is 1. The number of carbonyl (C=O) groups excluding carboxylic acids is 3. The van der Waals surface area contributed by atoms with Crippen molar-refractivity contribution in [1.29, 1.82) is 0 Å². The van der Waals surface area contributed by atoms with E-state index in [1.807, 2.05) is 0 Å². The minimum atomic E-state index is -0.528. The summed E-state index contributed by atoms with van der Waals surface area (Å²) in [5, 5.41) is 2.43. The van der Waals surface area contributed by atoms with E-state index in [1.165, 1.54) is 13.0 Å². The summed E-state index contributed by atoms with van der Waals surface area (Å²) >= 11 is 5.82. The number of nitrogens with one attached hydrogen (secondary N) is 1. The van der Waals surface area contributed by atoms with Crippen molar-refractivity contribution in [2.75, 3.05) is 13.1 Å². The first kappa shape index (κ1) is 18.3. The number of hydrogen-bond donors (Lipinski definition) is 1. The van der Waals surface area contributed by atoms with Crippen molar-refractivity contribution in [3.8, 4) is 5.75 Å². The number of alkyl halides is 1. The quantitative estimate of drug-likeness (QED) is 0.510. The van der Waals surface area contributed by atoms with Gasteiger partial charge in [-0.05, 0) is 38.0 Å². The Hall–Kier alpha value is -2.08. The molecule has 1 unspecified atom stereocenters. The van der Waals surface area contributed by atoms with Crippen molar-refractivity contribution in [2.24, 2.45) is 0 Å². The smallest absolute Gasteiger partial charge is 0.308 e. The highest BCUT2D eigenvalue weighted by molar-refractivity contribution is 6.30. The lowest BCUT2D eigenvalue weighted by molar-refractivity contribution is -0.132. The Morgan fingerprint density at radius 2 is 1.96 bits per heavy atom. The van der Waals surface area contributed by atoms with Gasteiger partial charge in [-0.25, -0.2) is 0 Å². The van der Waals surface area contributed by atoms with E-state index in [9.17, 15) is 14.4 Å². The molecule has 1 saturated heterocycles. The topological polar surface area (TPSA) is 75.7 Å². The molecule has 24 heavy (non-hydrogen) atoms. The predicted molar refractivity (Wildman–Crippen MR) is 90.1 cm³/mol. The first-order valence-corrected chi connectivity index (χ1v) is 8.32. The van der Waals surface area contributed by atoms with E-state index in [0.29, 0.717) is 37.2 Å². The highest BCUT2D eigenvalue weighted by Gasteiger charge is 2.26. The molecule has 1 aromatic carbocycles. The van der Waals surface area contributed by atoms with Gasteiger partial charge in [-0.3, -0.25) is 14.4 Å². The summed E-state index contributed by atoms with van der Waals surface area (Å²) in [6.45, 7) is 4.13. The van der Waals surface area contributed by atoms with Crippen LogP contribution in [0.1, 0.15) is 37.0 Å². The van der Waals surface area contributed by atoms with Gasteiger partial charge >= 0.3 is 5.97 Å². The minimum absolute atomic E-state index is 0.00423. The second-order valence-corrected chi connectivity index (χ2v) is 6.47. The molecule has 2 amide bonds. The van der Waals surface area contributed by atoms with E-state index < -0.39 is 11.3 Å². The molecule has 0 radical (unpaired) electrons. The maximum Gasteiger partial charge on any atom is 0.308 e. The maximum absolute atomic E-state index is 12.3. The molecule has 1 N–H and O–H groups in total. The minimum Gasteiger partial charge on any atom is -0.427 e. The number of hydrogen-bond acceptors (Lipinski definition) is 4. The van der Waals surface area contributed by atoms with E-state index in [4.69, 9.17) is 16.3 Å². The molecular weight excluding hydrogens is 332 g/mol. The number of piperidine rings is 1. The largest absolute Gasteiger partial charge is 0.427 e. The van der Waals surface area contributed by atoms with Crippen LogP contribution < -0.4 is 10.1 Å². The lowest BCUT2D eigenvalue weighted by Crippen LogP contribution is -2.48. The van der Waals surface area contributed by atoms with Crippen LogP contribution in [0.3, 0.4) is 0 Å². The predicted octanol–water partition coefficient (Wildman–Crippen LogP) is 1.96. The third-order valence-corrected chi connectivity index (χ3v) is 4.03. The standard InChI is InChI=1S/C17H21ClN2O4/c1-11(18)17(23)20-8-6-14(7-9-20)19-16(22)13-4-3-5-15(10-13)24-12(2)21/h3-5,10-11,14H,6-9H2,1-2H3,(H,19,22). The molecule has 130 valence electrons. The van der Waals surface area contributed by atoms with E-state index >= 15 is 0 Å². The molecule has 6 nitrogen and oxygen atoms in total. The van der Waals surface area contributed by atoms with Crippen molar-refractivity contribution in [2.45, 2.75) is 38.1 Å². The molecule has 0 bridgehead atoms. The molecule has 1 aromatic rings. The van der Waals surface area contributed by atoms with Crippen molar-refractivity contribution in [3.63, 3.8) is 0 Å². The van der Waals surface area contributed by atoms with Crippen molar-refractivity contribution >= 4 is 29.4 Å². The third kappa shape index (κ3) is 4.96. The fraction of sp³-hybridized carbons (Fsp3) is 0.471. The van der Waals surface area contributed by atoms with Crippen LogP contribution in [0, 0.1) is 0 Å². The number of halogens is 1. The first-order chi connectivity index (χ1) is 11.4. The Morgan fingerprint density at radius 3 is 2.54 bits per heavy atom. The zero-order valence-corrected chi connectivity index (χ0v) is 14.5. The van der Waals surface area contributed by atoms with Gasteiger partial charge in [-0.1, -0.05) is 6.07 Å². The van der Waals surface area contributed by atoms with Gasteiger partial charge < -0.3 is 15.0 Å². The summed E-state index contributed by atoms with van der Waals surface area (Å²) in [7, 11) is 0. The van der Waals surface area contributed by atoms with Gasteiger partial charge in [0.2, 0.25) is 5.91 Å². The van der Waals surface area contributed by atoms with Crippen molar-refractivity contribution in [3.05, 3.63) is 29.8 Å². The Labute approximate surface area is 146 Å². The summed E-state index contributed by atoms with van der Waals surface area (Å²) in [4.78, 5) is 36.9. The van der Waals surface area contributed by atoms with Crippen LogP contribution in [0.15, 0.2) is 24.3 Å². The zero-order valence-electron chi connectivity index (χ0n) is 13.8. The number of likely N-dealkylation sites (tertiary alicyclic amines) is 1. The SMILES string of the molecule is CC(=O)Oc1cccc(C(=O)NC2CCN(C(=O)C(C)Cl)CC2)c1. The molecule has 0 aromatic heterocycles. The fourth-order valence-corrected chi connectivity index (χ4v) is 2.77. The summed E-state index contributed by atoms with van der Waals surface area (Å²) in [6.07, 6.45) is 1.37. The number of benzene rings is 1. The number of ether oxygens (including phenoxy) is 1. The normalized spacial score (nSPS) is 16.4. The molecule has 1 heterocycles. The average molecular weight is 353 g/mol. The Bertz CT molecular complexity index is 625. The lowest BCUT2D eigenvalue weighted by atomic mass is 10.0. The van der Waals surface area contributed by atoms with Gasteiger partial charge in [-0.2, -0.15) is 0 Å². The fourth-order valence-electron chi connectivity index (χ4n) is 2.63. The van der Waals surface area contributed by atoms with Crippen LogP contribution in [0.25, 0.3) is 0 Å². The second kappa shape index (κ2) is 8.15. The van der Waals surface area contributed by atoms with Gasteiger partial charge in [0.15, 0.2) is 0 Å². The lowest BCUT2D eigenvalue weighted by Gasteiger charge is -2.33. The van der Waals surface area contributed by atoms with Crippen LogP contribution in [-0.4, -0.2) is 47.2 Å². The van der Waals surface area contributed by atoms with Crippen LogP contribution in [0.4, 0.5) is 0 Å². The summed E-state index contributed by atoms with van der Waals surface area (Å²) in [5.74, 6) is -0.389. The Morgan fingerprint density at radius 1 is 1.29 bits per heavy atom. The molecule has 1 aliphatic rings. The molecule has 1 fully saturated rings. The van der Waals surface area contributed by atoms with E-state index in [1.54, 1.807) is 30.0 Å².